The second kappa shape index (κ2) is 6.76. The summed E-state index contributed by atoms with van der Waals surface area (Å²) in [5, 5.41) is 6.06. The number of nitrogens with zero attached hydrogens (tertiary/aromatic N) is 3. The van der Waals surface area contributed by atoms with E-state index in [4.69, 9.17) is 0 Å². The van der Waals surface area contributed by atoms with Crippen LogP contribution in [0.25, 0.3) is 11.1 Å². The van der Waals surface area contributed by atoms with Crippen molar-refractivity contribution in [3.05, 3.63) is 66.6 Å². The number of halogens is 3. The lowest BCUT2D eigenvalue weighted by atomic mass is 10.1. The zero-order valence-electron chi connectivity index (χ0n) is 12.9. The molecule has 0 atom stereocenters. The summed E-state index contributed by atoms with van der Waals surface area (Å²) in [7, 11) is 0. The average molecular weight is 346 g/mol. The molecule has 0 saturated carbocycles. The molecule has 5 nitrogen and oxygen atoms in total. The number of alkyl halides is 3. The monoisotopic (exact) mass is 346 g/mol. The second-order valence-electron chi connectivity index (χ2n) is 5.29. The van der Waals surface area contributed by atoms with Gasteiger partial charge in [0.15, 0.2) is 0 Å². The van der Waals surface area contributed by atoms with Gasteiger partial charge in [0, 0.05) is 18.0 Å². The van der Waals surface area contributed by atoms with Gasteiger partial charge in [-0.2, -0.15) is 18.3 Å². The van der Waals surface area contributed by atoms with Crippen LogP contribution in [0.3, 0.4) is 0 Å². The maximum atomic E-state index is 12.3. The summed E-state index contributed by atoms with van der Waals surface area (Å²) < 4.78 is 37.6. The van der Waals surface area contributed by atoms with Crippen LogP contribution in [0, 0.1) is 0 Å². The Morgan fingerprint density at radius 3 is 2.44 bits per heavy atom. The zero-order valence-corrected chi connectivity index (χ0v) is 12.9. The topological polar surface area (TPSA) is 59.8 Å². The number of nitrogens with one attached hydrogen (secondary N) is 1. The van der Waals surface area contributed by atoms with Gasteiger partial charge in [-0.05, 0) is 17.7 Å². The maximum absolute atomic E-state index is 12.3. The Labute approximate surface area is 141 Å². The van der Waals surface area contributed by atoms with Gasteiger partial charge in [-0.3, -0.25) is 9.48 Å². The van der Waals surface area contributed by atoms with E-state index in [0.29, 0.717) is 10.5 Å². The molecule has 3 aromatic rings. The van der Waals surface area contributed by atoms with Crippen molar-refractivity contribution in [3.63, 3.8) is 0 Å². The number of anilines is 1. The standard InChI is InChI=1S/C17H13F3N4O/c18-17(19,20)11-24-10-14(9-22-24)16(25)23-15-7-6-13(8-21-15)12-4-2-1-3-5-12/h1-10H,11H2,(H,21,23,25). The Morgan fingerprint density at radius 1 is 1.04 bits per heavy atom. The molecule has 0 aliphatic rings. The number of carbonyl (C=O) groups excluding carboxylic acids is 1. The Hall–Kier alpha value is -3.16. The molecule has 2 aromatic heterocycles. The van der Waals surface area contributed by atoms with Crippen molar-refractivity contribution in [3.8, 4) is 11.1 Å². The molecule has 0 radical (unpaired) electrons. The highest BCUT2D eigenvalue weighted by Crippen LogP contribution is 2.20. The predicted octanol–water partition coefficient (Wildman–Crippen LogP) is 3.76. The number of hydrogen-bond acceptors (Lipinski definition) is 3. The molecule has 1 aromatic carbocycles. The van der Waals surface area contributed by atoms with E-state index in [1.54, 1.807) is 18.3 Å². The van der Waals surface area contributed by atoms with Gasteiger partial charge in [0.25, 0.3) is 5.91 Å². The summed E-state index contributed by atoms with van der Waals surface area (Å²) in [5.41, 5.74) is 1.90. The zero-order chi connectivity index (χ0) is 17.9. The maximum Gasteiger partial charge on any atom is 0.408 e. The number of benzene rings is 1. The van der Waals surface area contributed by atoms with Gasteiger partial charge in [-0.1, -0.05) is 30.3 Å². The van der Waals surface area contributed by atoms with Gasteiger partial charge in [0.05, 0.1) is 11.8 Å². The Balaban J connectivity index is 1.67. The summed E-state index contributed by atoms with van der Waals surface area (Å²) >= 11 is 0. The summed E-state index contributed by atoms with van der Waals surface area (Å²) in [6, 6.07) is 13.0. The Morgan fingerprint density at radius 2 is 1.80 bits per heavy atom. The molecule has 0 saturated heterocycles. The predicted molar refractivity (Wildman–Crippen MR) is 85.9 cm³/mol. The van der Waals surface area contributed by atoms with Crippen LogP contribution in [0.5, 0.6) is 0 Å². The molecule has 1 N–H and O–H groups in total. The molecule has 0 spiro atoms. The van der Waals surface area contributed by atoms with Crippen LogP contribution in [0.4, 0.5) is 19.0 Å². The van der Waals surface area contributed by atoms with Gasteiger partial charge in [0.1, 0.15) is 12.4 Å². The summed E-state index contributed by atoms with van der Waals surface area (Å²) in [5.74, 6) is -0.276. The van der Waals surface area contributed by atoms with E-state index in [9.17, 15) is 18.0 Å². The molecule has 3 rings (SSSR count). The number of amides is 1. The number of rotatable bonds is 4. The molecular formula is C17H13F3N4O. The average Bonchev–Trinajstić information content (AvgIpc) is 3.03. The van der Waals surface area contributed by atoms with Crippen molar-refractivity contribution < 1.29 is 18.0 Å². The van der Waals surface area contributed by atoms with Crippen LogP contribution in [0.15, 0.2) is 61.1 Å². The smallest absolute Gasteiger partial charge is 0.306 e. The van der Waals surface area contributed by atoms with Crippen molar-refractivity contribution in [1.29, 1.82) is 0 Å². The number of pyridine rings is 1. The molecule has 0 aliphatic heterocycles. The first-order chi connectivity index (χ1) is 11.9. The molecule has 8 heteroatoms. The van der Waals surface area contributed by atoms with Crippen molar-refractivity contribution in [2.45, 2.75) is 12.7 Å². The Bertz CT molecular complexity index is 858. The molecular weight excluding hydrogens is 333 g/mol. The third kappa shape index (κ3) is 4.43. The minimum Gasteiger partial charge on any atom is -0.306 e. The third-order valence-corrected chi connectivity index (χ3v) is 3.35. The van der Waals surface area contributed by atoms with Crippen LogP contribution < -0.4 is 5.32 Å². The van der Waals surface area contributed by atoms with E-state index in [1.165, 1.54) is 0 Å². The molecule has 1 amide bonds. The highest BCUT2D eigenvalue weighted by molar-refractivity contribution is 6.03. The summed E-state index contributed by atoms with van der Waals surface area (Å²) in [6.45, 7) is -1.25. The van der Waals surface area contributed by atoms with E-state index in [-0.39, 0.29) is 5.56 Å². The summed E-state index contributed by atoms with van der Waals surface area (Å²) in [4.78, 5) is 16.2. The minimum atomic E-state index is -4.39. The molecule has 25 heavy (non-hydrogen) atoms. The van der Waals surface area contributed by atoms with E-state index in [2.05, 4.69) is 15.4 Å². The molecule has 0 bridgehead atoms. The molecule has 0 aliphatic carbocycles. The van der Waals surface area contributed by atoms with Crippen molar-refractivity contribution in [2.24, 2.45) is 0 Å². The van der Waals surface area contributed by atoms with Crippen molar-refractivity contribution in [1.82, 2.24) is 14.8 Å². The fourth-order valence-electron chi connectivity index (χ4n) is 2.21. The first kappa shape index (κ1) is 16.7. The fourth-order valence-corrected chi connectivity index (χ4v) is 2.21. The number of carbonyl (C=O) groups is 1. The van der Waals surface area contributed by atoms with Gasteiger partial charge >= 0.3 is 6.18 Å². The van der Waals surface area contributed by atoms with E-state index < -0.39 is 18.6 Å². The van der Waals surface area contributed by atoms with Crippen LogP contribution in [0.2, 0.25) is 0 Å². The fraction of sp³-hybridized carbons (Fsp3) is 0.118. The molecule has 0 fully saturated rings. The molecule has 0 unspecified atom stereocenters. The first-order valence-electron chi connectivity index (χ1n) is 7.33. The quantitative estimate of drug-likeness (QED) is 0.782. The van der Waals surface area contributed by atoms with Gasteiger partial charge < -0.3 is 5.32 Å². The van der Waals surface area contributed by atoms with Crippen LogP contribution in [-0.2, 0) is 6.54 Å². The largest absolute Gasteiger partial charge is 0.408 e. The first-order valence-corrected chi connectivity index (χ1v) is 7.33. The van der Waals surface area contributed by atoms with E-state index in [1.807, 2.05) is 30.3 Å². The highest BCUT2D eigenvalue weighted by Gasteiger charge is 2.28. The van der Waals surface area contributed by atoms with Crippen LogP contribution in [-0.4, -0.2) is 26.8 Å². The van der Waals surface area contributed by atoms with Crippen molar-refractivity contribution in [2.75, 3.05) is 5.32 Å². The second-order valence-corrected chi connectivity index (χ2v) is 5.29. The van der Waals surface area contributed by atoms with E-state index >= 15 is 0 Å². The lowest BCUT2D eigenvalue weighted by molar-refractivity contribution is -0.142. The summed E-state index contributed by atoms with van der Waals surface area (Å²) in [6.07, 6.45) is -0.660. The highest BCUT2D eigenvalue weighted by atomic mass is 19.4. The third-order valence-electron chi connectivity index (χ3n) is 3.35. The van der Waals surface area contributed by atoms with Crippen LogP contribution in [0.1, 0.15) is 10.4 Å². The molecule has 2 heterocycles. The van der Waals surface area contributed by atoms with Gasteiger partial charge in [-0.25, -0.2) is 4.98 Å². The van der Waals surface area contributed by atoms with Gasteiger partial charge in [0.2, 0.25) is 0 Å². The van der Waals surface area contributed by atoms with E-state index in [0.717, 1.165) is 23.5 Å². The van der Waals surface area contributed by atoms with Crippen LogP contribution >= 0.6 is 0 Å². The Kier molecular flexibility index (Phi) is 4.51. The van der Waals surface area contributed by atoms with Crippen molar-refractivity contribution >= 4 is 11.7 Å². The number of hydrogen-bond donors (Lipinski definition) is 1. The molecule has 128 valence electrons. The van der Waals surface area contributed by atoms with Gasteiger partial charge in [-0.15, -0.1) is 0 Å². The minimum absolute atomic E-state index is 0.0261. The lowest BCUT2D eigenvalue weighted by Gasteiger charge is -2.06. The lowest BCUT2D eigenvalue weighted by Crippen LogP contribution is -2.18. The SMILES string of the molecule is O=C(Nc1ccc(-c2ccccc2)cn1)c1cnn(CC(F)(F)F)c1. The normalized spacial score (nSPS) is 11.3. The number of aromatic nitrogens is 3.